The van der Waals surface area contributed by atoms with Gasteiger partial charge in [0.2, 0.25) is 9.76 Å². The summed E-state index contributed by atoms with van der Waals surface area (Å²) in [6, 6.07) is 3.16. The van der Waals surface area contributed by atoms with Crippen LogP contribution in [0.15, 0.2) is 0 Å². The van der Waals surface area contributed by atoms with Crippen LogP contribution in [-0.4, -0.2) is 29.7 Å². The van der Waals surface area contributed by atoms with Gasteiger partial charge in [-0.2, -0.15) is 0 Å². The summed E-state index contributed by atoms with van der Waals surface area (Å²) in [5, 5.41) is 0. The Bertz CT molecular complexity index is 418. The molecule has 1 saturated carbocycles. The van der Waals surface area contributed by atoms with Crippen LogP contribution in [-0.2, 0) is 13.6 Å². The zero-order chi connectivity index (χ0) is 21.0. The molecule has 1 fully saturated rings. The minimum absolute atomic E-state index is 0.0497. The van der Waals surface area contributed by atoms with Gasteiger partial charge >= 0.3 is 0 Å². The van der Waals surface area contributed by atoms with Gasteiger partial charge in [-0.15, -0.1) is 0 Å². The van der Waals surface area contributed by atoms with E-state index >= 15 is 0 Å². The second-order valence-electron chi connectivity index (χ2n) is 9.85. The van der Waals surface area contributed by atoms with Crippen molar-refractivity contribution in [3.8, 4) is 0 Å². The zero-order valence-electron chi connectivity index (χ0n) is 19.6. The Hall–Kier alpha value is -0.136. The Balaban J connectivity index is 2.80. The monoisotopic (exact) mass is 426 g/mol. The van der Waals surface area contributed by atoms with Crippen molar-refractivity contribution in [1.82, 2.24) is 0 Å². The lowest BCUT2D eigenvalue weighted by Gasteiger charge is -2.37. The first-order valence-electron chi connectivity index (χ1n) is 11.9. The molecular weight excluding hydrogens is 380 g/mol. The van der Waals surface area contributed by atoms with E-state index in [1.165, 1.54) is 76.3 Å². The van der Waals surface area contributed by atoms with Gasteiger partial charge < -0.3 is 8.85 Å². The summed E-state index contributed by atoms with van der Waals surface area (Å²) in [5.41, 5.74) is 0.565. The molecule has 0 aromatic heterocycles. The first-order valence-corrected chi connectivity index (χ1v) is 15.4. The molecule has 1 rings (SSSR count). The molecule has 0 aliphatic heterocycles. The van der Waals surface area contributed by atoms with Crippen molar-refractivity contribution in [2.45, 2.75) is 135 Å². The lowest BCUT2D eigenvalue weighted by Crippen LogP contribution is -2.45. The van der Waals surface area contributed by atoms with Crippen molar-refractivity contribution in [1.29, 1.82) is 0 Å². The summed E-state index contributed by atoms with van der Waals surface area (Å²) in [4.78, 5) is 13.1. The lowest BCUT2D eigenvalue weighted by atomic mass is 10.2. The molecule has 1 unspecified atom stereocenters. The summed E-state index contributed by atoms with van der Waals surface area (Å²) < 4.78 is 12.5. The van der Waals surface area contributed by atoms with Gasteiger partial charge in [0, 0.05) is 5.60 Å². The second kappa shape index (κ2) is 13.2. The van der Waals surface area contributed by atoms with E-state index in [4.69, 9.17) is 8.85 Å². The number of hydrogen-bond donors (Lipinski definition) is 0. The van der Waals surface area contributed by atoms with Crippen molar-refractivity contribution in [2.75, 3.05) is 0 Å². The topological polar surface area (TPSA) is 35.5 Å². The summed E-state index contributed by atoms with van der Waals surface area (Å²) in [5.74, 6) is 0.0166. The molecule has 1 aliphatic rings. The average Bonchev–Trinajstić information content (AvgIpc) is 3.16. The average molecular weight is 427 g/mol. The summed E-state index contributed by atoms with van der Waals surface area (Å²) >= 11 is 0. The molecule has 0 aromatic rings. The Morgan fingerprint density at radius 3 is 2.04 bits per heavy atom. The molecule has 1 aliphatic carbocycles. The highest BCUT2D eigenvalue weighted by atomic mass is 28.4. The van der Waals surface area contributed by atoms with Crippen molar-refractivity contribution in [3.63, 3.8) is 0 Å². The summed E-state index contributed by atoms with van der Waals surface area (Å²) in [7, 11) is -1.66. The normalized spacial score (nSPS) is 17.1. The van der Waals surface area contributed by atoms with E-state index in [0.29, 0.717) is 15.3 Å². The first-order chi connectivity index (χ1) is 13.2. The Morgan fingerprint density at radius 2 is 1.57 bits per heavy atom. The van der Waals surface area contributed by atoms with Crippen LogP contribution in [0, 0.1) is 5.92 Å². The summed E-state index contributed by atoms with van der Waals surface area (Å²) in [6.45, 7) is 12.8. The molecule has 0 aromatic carbocycles. The fraction of sp³-hybridized carbons (Fsp3) is 0.957. The molecule has 28 heavy (non-hydrogen) atoms. The van der Waals surface area contributed by atoms with Crippen molar-refractivity contribution in [2.24, 2.45) is 5.92 Å². The third-order valence-electron chi connectivity index (χ3n) is 5.98. The Labute approximate surface area is 178 Å². The molecule has 164 valence electrons. The Kier molecular flexibility index (Phi) is 12.2. The van der Waals surface area contributed by atoms with Gasteiger partial charge in [-0.25, -0.2) is 0 Å². The van der Waals surface area contributed by atoms with E-state index in [1.54, 1.807) is 0 Å². The fourth-order valence-corrected chi connectivity index (χ4v) is 10.4. The second-order valence-corrected chi connectivity index (χ2v) is 14.9. The molecule has 0 saturated heterocycles. The number of carbonyl (C=O) groups excluding carboxylic acids is 1. The molecule has 1 atom stereocenters. The van der Waals surface area contributed by atoms with Gasteiger partial charge in [-0.05, 0) is 57.3 Å². The van der Waals surface area contributed by atoms with Gasteiger partial charge in [-0.3, -0.25) is 4.79 Å². The van der Waals surface area contributed by atoms with Crippen LogP contribution in [0.5, 0.6) is 0 Å². The molecule has 0 spiro atoms. The molecule has 0 bridgehead atoms. The van der Waals surface area contributed by atoms with Gasteiger partial charge in [0.15, 0.2) is 0 Å². The van der Waals surface area contributed by atoms with Crippen molar-refractivity contribution < 1.29 is 13.6 Å². The minimum atomic E-state index is -2.03. The number of unbranched alkanes of at least 4 members (excludes halogenated alkanes) is 4. The number of hydrogen-bond acceptors (Lipinski definition) is 3. The Morgan fingerprint density at radius 1 is 1.04 bits per heavy atom. The quantitative estimate of drug-likeness (QED) is 0.216. The van der Waals surface area contributed by atoms with Gasteiger partial charge in [0.05, 0.1) is 5.92 Å². The minimum Gasteiger partial charge on any atom is -0.519 e. The predicted octanol–water partition coefficient (Wildman–Crippen LogP) is 7.29. The maximum Gasteiger partial charge on any atom is 0.295 e. The van der Waals surface area contributed by atoms with Crippen LogP contribution in [0.25, 0.3) is 0 Å². The predicted molar refractivity (Wildman–Crippen MR) is 123 cm³/mol. The van der Waals surface area contributed by atoms with Crippen molar-refractivity contribution >= 4 is 24.0 Å². The maximum absolute atomic E-state index is 13.1. The molecule has 5 heteroatoms. The van der Waals surface area contributed by atoms with Crippen LogP contribution >= 0.6 is 0 Å². The van der Waals surface area contributed by atoms with E-state index in [-0.39, 0.29) is 17.5 Å². The molecule has 0 heterocycles. The SMILES string of the molecule is CCCCC[Si](CCCCC)(OC(=O)C(C)C[Si]OC(C)(C)C)C1CCCC1. The van der Waals surface area contributed by atoms with Crippen LogP contribution in [0.1, 0.15) is 106 Å². The zero-order valence-corrected chi connectivity index (χ0v) is 21.6. The van der Waals surface area contributed by atoms with E-state index in [2.05, 4.69) is 34.6 Å². The van der Waals surface area contributed by atoms with E-state index in [1.807, 2.05) is 6.92 Å². The number of rotatable bonds is 14. The van der Waals surface area contributed by atoms with E-state index < -0.39 is 8.32 Å². The summed E-state index contributed by atoms with van der Waals surface area (Å²) in [6.07, 6.45) is 12.7. The van der Waals surface area contributed by atoms with Crippen LogP contribution < -0.4 is 0 Å². The number of carbonyl (C=O) groups is 1. The maximum atomic E-state index is 13.1. The molecule has 0 N–H and O–H groups in total. The molecular formula is C23H46O3Si2. The first kappa shape index (κ1) is 25.9. The third-order valence-corrected chi connectivity index (χ3v) is 12.6. The molecule has 0 amide bonds. The fourth-order valence-electron chi connectivity index (χ4n) is 4.29. The smallest absolute Gasteiger partial charge is 0.295 e. The highest BCUT2D eigenvalue weighted by molar-refractivity contribution is 6.76. The highest BCUT2D eigenvalue weighted by Gasteiger charge is 2.46. The van der Waals surface area contributed by atoms with Gasteiger partial charge in [0.25, 0.3) is 14.3 Å². The molecule has 2 radical (unpaired) electrons. The largest absolute Gasteiger partial charge is 0.519 e. The standard InChI is InChI=1S/C23H46O3Si2/c1-7-9-13-17-28(18-14-10-8-2,21-15-11-12-16-21)25-22(24)20(3)19-27-26-23(4,5)6/h20-21H,7-19H2,1-6H3. The van der Waals surface area contributed by atoms with Gasteiger partial charge in [-0.1, -0.05) is 72.1 Å². The van der Waals surface area contributed by atoms with Crippen LogP contribution in [0.3, 0.4) is 0 Å². The van der Waals surface area contributed by atoms with Crippen LogP contribution in [0.4, 0.5) is 0 Å². The molecule has 3 nitrogen and oxygen atoms in total. The van der Waals surface area contributed by atoms with Crippen molar-refractivity contribution in [3.05, 3.63) is 0 Å². The highest BCUT2D eigenvalue weighted by Crippen LogP contribution is 2.45. The third kappa shape index (κ3) is 9.58. The van der Waals surface area contributed by atoms with E-state index in [0.717, 1.165) is 6.04 Å². The van der Waals surface area contributed by atoms with Crippen LogP contribution in [0.2, 0.25) is 23.7 Å². The van der Waals surface area contributed by atoms with E-state index in [9.17, 15) is 4.79 Å². The van der Waals surface area contributed by atoms with Gasteiger partial charge in [0.1, 0.15) is 0 Å². The lowest BCUT2D eigenvalue weighted by molar-refractivity contribution is -0.139.